The summed E-state index contributed by atoms with van der Waals surface area (Å²) in [4.78, 5) is 3.78. The second-order valence-electron chi connectivity index (χ2n) is 5.50. The Morgan fingerprint density at radius 3 is 2.57 bits per heavy atom. The molecule has 110 valence electrons. The van der Waals surface area contributed by atoms with Gasteiger partial charge in [-0.2, -0.15) is 0 Å². The van der Waals surface area contributed by atoms with Crippen LogP contribution in [-0.2, 0) is 13.0 Å². The maximum absolute atomic E-state index is 9.31. The Kier molecular flexibility index (Phi) is 4.96. The summed E-state index contributed by atoms with van der Waals surface area (Å²) >= 11 is 1.98. The molecule has 0 saturated carbocycles. The number of nitrogens with zero attached hydrogens (tertiary/aromatic N) is 1. The third kappa shape index (κ3) is 3.88. The molecule has 0 spiro atoms. The van der Waals surface area contributed by atoms with Gasteiger partial charge >= 0.3 is 0 Å². The molecule has 0 aromatic heterocycles. The van der Waals surface area contributed by atoms with E-state index in [-0.39, 0.29) is 6.61 Å². The third-order valence-electron chi connectivity index (χ3n) is 3.84. The van der Waals surface area contributed by atoms with Crippen LogP contribution in [0.2, 0.25) is 0 Å². The molecule has 1 aliphatic heterocycles. The van der Waals surface area contributed by atoms with E-state index in [1.807, 2.05) is 17.8 Å². The van der Waals surface area contributed by atoms with Crippen LogP contribution in [0.1, 0.15) is 11.1 Å². The number of aliphatic hydroxyl groups is 1. The standard InChI is InChI=1S/C18H21NOS/c20-11-10-19(13-15-6-2-1-3-7-15)14-17-12-16-8-4-5-9-18(16)21-17/h1-9,17,20H,10-14H2. The summed E-state index contributed by atoms with van der Waals surface area (Å²) in [5.74, 6) is 0. The molecule has 2 aromatic rings. The first-order chi connectivity index (χ1) is 10.3. The van der Waals surface area contributed by atoms with Crippen LogP contribution in [-0.4, -0.2) is 35.0 Å². The lowest BCUT2D eigenvalue weighted by molar-refractivity contribution is 0.191. The average Bonchev–Trinajstić information content (AvgIpc) is 2.90. The summed E-state index contributed by atoms with van der Waals surface area (Å²) in [5.41, 5.74) is 2.78. The van der Waals surface area contributed by atoms with Gasteiger partial charge in [-0.15, -0.1) is 11.8 Å². The SMILES string of the molecule is OCCN(Cc1ccccc1)CC1Cc2ccccc2S1. The fraction of sp³-hybridized carbons (Fsp3) is 0.333. The quantitative estimate of drug-likeness (QED) is 0.886. The average molecular weight is 299 g/mol. The number of rotatable bonds is 6. The van der Waals surface area contributed by atoms with E-state index in [0.717, 1.165) is 26.1 Å². The van der Waals surface area contributed by atoms with Gasteiger partial charge in [0.15, 0.2) is 0 Å². The van der Waals surface area contributed by atoms with Crippen LogP contribution < -0.4 is 0 Å². The zero-order valence-electron chi connectivity index (χ0n) is 12.1. The predicted octanol–water partition coefficient (Wildman–Crippen LogP) is 3.20. The fourth-order valence-corrected chi connectivity index (χ4v) is 4.23. The lowest BCUT2D eigenvalue weighted by Gasteiger charge is -2.24. The van der Waals surface area contributed by atoms with Crippen molar-refractivity contribution in [3.63, 3.8) is 0 Å². The van der Waals surface area contributed by atoms with Gasteiger partial charge in [0, 0.05) is 29.8 Å². The van der Waals surface area contributed by atoms with Gasteiger partial charge in [-0.25, -0.2) is 0 Å². The number of benzene rings is 2. The van der Waals surface area contributed by atoms with Crippen molar-refractivity contribution in [1.82, 2.24) is 4.90 Å². The minimum absolute atomic E-state index is 0.219. The van der Waals surface area contributed by atoms with Crippen LogP contribution in [0, 0.1) is 0 Å². The minimum Gasteiger partial charge on any atom is -0.395 e. The normalized spacial score (nSPS) is 17.1. The number of hydrogen-bond acceptors (Lipinski definition) is 3. The number of fused-ring (bicyclic) bond motifs is 1. The maximum Gasteiger partial charge on any atom is 0.0558 e. The van der Waals surface area contributed by atoms with Crippen molar-refractivity contribution >= 4 is 11.8 Å². The van der Waals surface area contributed by atoms with Crippen LogP contribution >= 0.6 is 11.8 Å². The van der Waals surface area contributed by atoms with Gasteiger partial charge in [-0.05, 0) is 23.6 Å². The van der Waals surface area contributed by atoms with Crippen LogP contribution in [0.25, 0.3) is 0 Å². The molecule has 3 heteroatoms. The molecule has 0 fully saturated rings. The van der Waals surface area contributed by atoms with E-state index in [0.29, 0.717) is 5.25 Å². The van der Waals surface area contributed by atoms with E-state index in [1.165, 1.54) is 16.0 Å². The Morgan fingerprint density at radius 2 is 1.81 bits per heavy atom. The molecule has 0 aliphatic carbocycles. The molecule has 1 N–H and O–H groups in total. The summed E-state index contributed by atoms with van der Waals surface area (Å²) in [6, 6.07) is 19.2. The summed E-state index contributed by atoms with van der Waals surface area (Å²) in [6.07, 6.45) is 1.14. The monoisotopic (exact) mass is 299 g/mol. The molecule has 1 atom stereocenters. The number of hydrogen-bond donors (Lipinski definition) is 1. The summed E-state index contributed by atoms with van der Waals surface area (Å²) < 4.78 is 0. The van der Waals surface area contributed by atoms with Crippen molar-refractivity contribution in [3.05, 3.63) is 65.7 Å². The predicted molar refractivity (Wildman–Crippen MR) is 88.6 cm³/mol. The molecule has 1 unspecified atom stereocenters. The van der Waals surface area contributed by atoms with Crippen LogP contribution in [0.4, 0.5) is 0 Å². The maximum atomic E-state index is 9.31. The molecule has 3 rings (SSSR count). The van der Waals surface area contributed by atoms with E-state index in [2.05, 4.69) is 53.4 Å². The zero-order chi connectivity index (χ0) is 14.5. The Labute approximate surface area is 130 Å². The van der Waals surface area contributed by atoms with Crippen molar-refractivity contribution in [2.75, 3.05) is 19.7 Å². The van der Waals surface area contributed by atoms with E-state index in [9.17, 15) is 5.11 Å². The van der Waals surface area contributed by atoms with Gasteiger partial charge in [-0.3, -0.25) is 4.90 Å². The molecule has 21 heavy (non-hydrogen) atoms. The number of thioether (sulfide) groups is 1. The highest BCUT2D eigenvalue weighted by Crippen LogP contribution is 2.37. The molecule has 0 bridgehead atoms. The first-order valence-electron chi connectivity index (χ1n) is 7.47. The highest BCUT2D eigenvalue weighted by molar-refractivity contribution is 8.00. The Balaban J connectivity index is 1.61. The number of aliphatic hydroxyl groups excluding tert-OH is 1. The zero-order valence-corrected chi connectivity index (χ0v) is 12.9. The van der Waals surface area contributed by atoms with Gasteiger partial charge in [0.1, 0.15) is 0 Å². The van der Waals surface area contributed by atoms with Gasteiger partial charge in [0.05, 0.1) is 6.61 Å². The van der Waals surface area contributed by atoms with Crippen LogP contribution in [0.5, 0.6) is 0 Å². The van der Waals surface area contributed by atoms with Crippen molar-refractivity contribution in [2.45, 2.75) is 23.1 Å². The third-order valence-corrected chi connectivity index (χ3v) is 5.14. The minimum atomic E-state index is 0.219. The van der Waals surface area contributed by atoms with E-state index in [1.54, 1.807) is 0 Å². The molecule has 0 saturated heterocycles. The highest BCUT2D eigenvalue weighted by atomic mass is 32.2. The molecule has 1 aliphatic rings. The Morgan fingerprint density at radius 1 is 1.05 bits per heavy atom. The highest BCUT2D eigenvalue weighted by Gasteiger charge is 2.23. The molecule has 0 radical (unpaired) electrons. The van der Waals surface area contributed by atoms with E-state index >= 15 is 0 Å². The Bertz CT molecular complexity index is 547. The largest absolute Gasteiger partial charge is 0.395 e. The first kappa shape index (κ1) is 14.6. The smallest absolute Gasteiger partial charge is 0.0558 e. The Hall–Kier alpha value is -1.29. The van der Waals surface area contributed by atoms with Crippen molar-refractivity contribution in [2.24, 2.45) is 0 Å². The van der Waals surface area contributed by atoms with Gasteiger partial charge in [0.25, 0.3) is 0 Å². The second-order valence-corrected chi connectivity index (χ2v) is 6.84. The molecule has 2 nitrogen and oxygen atoms in total. The van der Waals surface area contributed by atoms with Gasteiger partial charge in [0.2, 0.25) is 0 Å². The lowest BCUT2D eigenvalue weighted by Crippen LogP contribution is -2.32. The van der Waals surface area contributed by atoms with Gasteiger partial charge in [-0.1, -0.05) is 48.5 Å². The summed E-state index contributed by atoms with van der Waals surface area (Å²) in [6.45, 7) is 2.89. The van der Waals surface area contributed by atoms with Crippen molar-refractivity contribution in [3.8, 4) is 0 Å². The molecule has 0 amide bonds. The fourth-order valence-electron chi connectivity index (χ4n) is 2.86. The van der Waals surface area contributed by atoms with Crippen LogP contribution in [0.3, 0.4) is 0 Å². The van der Waals surface area contributed by atoms with Crippen LogP contribution in [0.15, 0.2) is 59.5 Å². The van der Waals surface area contributed by atoms with Crippen molar-refractivity contribution < 1.29 is 5.11 Å². The summed E-state index contributed by atoms with van der Waals surface area (Å²) in [5, 5.41) is 9.91. The molecule has 1 heterocycles. The lowest BCUT2D eigenvalue weighted by atomic mass is 10.1. The summed E-state index contributed by atoms with van der Waals surface area (Å²) in [7, 11) is 0. The van der Waals surface area contributed by atoms with E-state index in [4.69, 9.17) is 0 Å². The molecular formula is C18H21NOS. The molecular weight excluding hydrogens is 278 g/mol. The second kappa shape index (κ2) is 7.12. The van der Waals surface area contributed by atoms with E-state index < -0.39 is 0 Å². The van der Waals surface area contributed by atoms with Gasteiger partial charge < -0.3 is 5.11 Å². The topological polar surface area (TPSA) is 23.5 Å². The van der Waals surface area contributed by atoms with Crippen molar-refractivity contribution in [1.29, 1.82) is 0 Å². The first-order valence-corrected chi connectivity index (χ1v) is 8.35. The molecule has 2 aromatic carbocycles.